The summed E-state index contributed by atoms with van der Waals surface area (Å²) in [4.78, 5) is 14.0. The number of aromatic amines is 1. The Hall–Kier alpha value is -2.05. The molecule has 0 bridgehead atoms. The molecule has 1 aromatic carbocycles. The number of amides is 1. The Morgan fingerprint density at radius 3 is 2.79 bits per heavy atom. The molecule has 0 aliphatic carbocycles. The zero-order chi connectivity index (χ0) is 20.5. The molecule has 152 valence electrons. The molecule has 1 aromatic heterocycles. The van der Waals surface area contributed by atoms with Crippen LogP contribution in [0.5, 0.6) is 5.75 Å². The molecule has 0 radical (unpaired) electrons. The summed E-state index contributed by atoms with van der Waals surface area (Å²) in [7, 11) is 1.53. The van der Waals surface area contributed by atoms with Crippen molar-refractivity contribution in [1.29, 1.82) is 0 Å². The van der Waals surface area contributed by atoms with Crippen molar-refractivity contribution in [2.75, 3.05) is 20.3 Å². The number of benzene rings is 1. The zero-order valence-electron chi connectivity index (χ0n) is 17.2. The molecule has 0 atom stereocenters. The van der Waals surface area contributed by atoms with Crippen LogP contribution in [0.15, 0.2) is 12.1 Å². The van der Waals surface area contributed by atoms with Crippen molar-refractivity contribution in [3.63, 3.8) is 0 Å². The third-order valence-electron chi connectivity index (χ3n) is 5.07. The molecular formula is C21H28ClN3O3. The van der Waals surface area contributed by atoms with Gasteiger partial charge >= 0.3 is 0 Å². The van der Waals surface area contributed by atoms with Crippen molar-refractivity contribution in [2.24, 2.45) is 0 Å². The van der Waals surface area contributed by atoms with Gasteiger partial charge in [-0.05, 0) is 30.0 Å². The highest BCUT2D eigenvalue weighted by atomic mass is 35.5. The lowest BCUT2D eigenvalue weighted by atomic mass is 9.86. The molecule has 0 saturated heterocycles. The van der Waals surface area contributed by atoms with Crippen LogP contribution in [-0.4, -0.2) is 41.3 Å². The third-order valence-corrected chi connectivity index (χ3v) is 5.48. The molecule has 2 heterocycles. The van der Waals surface area contributed by atoms with Gasteiger partial charge in [-0.25, -0.2) is 0 Å². The number of nitrogens with zero attached hydrogens (tertiary/aromatic N) is 2. The molecule has 0 unspecified atom stereocenters. The molecule has 0 saturated carbocycles. The summed E-state index contributed by atoms with van der Waals surface area (Å²) in [6.45, 7) is 10.0. The summed E-state index contributed by atoms with van der Waals surface area (Å²) < 4.78 is 11.2. The van der Waals surface area contributed by atoms with E-state index in [1.807, 2.05) is 19.1 Å². The first-order valence-electron chi connectivity index (χ1n) is 9.46. The largest absolute Gasteiger partial charge is 0.487 e. The van der Waals surface area contributed by atoms with E-state index in [4.69, 9.17) is 21.1 Å². The van der Waals surface area contributed by atoms with Gasteiger partial charge in [-0.2, -0.15) is 5.10 Å². The second kappa shape index (κ2) is 8.13. The number of aromatic nitrogens is 2. The van der Waals surface area contributed by atoms with Crippen LogP contribution in [0.1, 0.15) is 48.8 Å². The molecule has 6 nitrogen and oxygen atoms in total. The maximum absolute atomic E-state index is 12.2. The minimum atomic E-state index is -0.0962. The zero-order valence-corrected chi connectivity index (χ0v) is 17.9. The number of hydrogen-bond acceptors (Lipinski definition) is 4. The number of aryl methyl sites for hydroxylation is 1. The van der Waals surface area contributed by atoms with Crippen molar-refractivity contribution in [3.8, 4) is 5.75 Å². The summed E-state index contributed by atoms with van der Waals surface area (Å²) in [5, 5.41) is 8.28. The highest BCUT2D eigenvalue weighted by Gasteiger charge is 2.26. The molecule has 28 heavy (non-hydrogen) atoms. The molecule has 2 aromatic rings. The van der Waals surface area contributed by atoms with Crippen LogP contribution in [0.3, 0.4) is 0 Å². The second-order valence-electron chi connectivity index (χ2n) is 8.26. The van der Waals surface area contributed by atoms with Crippen LogP contribution in [0, 0.1) is 6.92 Å². The number of methoxy groups -OCH3 is 1. The number of nitrogens with one attached hydrogen (secondary N) is 1. The Morgan fingerprint density at radius 1 is 1.36 bits per heavy atom. The maximum Gasteiger partial charge on any atom is 0.248 e. The lowest BCUT2D eigenvalue weighted by Crippen LogP contribution is -2.38. The lowest BCUT2D eigenvalue weighted by molar-refractivity contribution is -0.136. The van der Waals surface area contributed by atoms with E-state index in [2.05, 4.69) is 31.0 Å². The summed E-state index contributed by atoms with van der Waals surface area (Å²) in [6.07, 6.45) is 0.755. The Bertz CT molecular complexity index is 871. The number of carbonyl (C=O) groups is 1. The summed E-state index contributed by atoms with van der Waals surface area (Å²) in [5.41, 5.74) is 4.88. The van der Waals surface area contributed by atoms with Crippen LogP contribution < -0.4 is 4.74 Å². The smallest absolute Gasteiger partial charge is 0.248 e. The van der Waals surface area contributed by atoms with Crippen molar-refractivity contribution >= 4 is 17.5 Å². The first-order chi connectivity index (χ1) is 13.2. The highest BCUT2D eigenvalue weighted by molar-refractivity contribution is 6.31. The van der Waals surface area contributed by atoms with Crippen LogP contribution in [0.4, 0.5) is 0 Å². The Kier molecular flexibility index (Phi) is 6.01. The van der Waals surface area contributed by atoms with Gasteiger partial charge in [-0.3, -0.25) is 9.89 Å². The van der Waals surface area contributed by atoms with Crippen LogP contribution in [0.2, 0.25) is 5.02 Å². The van der Waals surface area contributed by atoms with Gasteiger partial charge < -0.3 is 14.4 Å². The van der Waals surface area contributed by atoms with Crippen molar-refractivity contribution in [2.45, 2.75) is 52.7 Å². The fourth-order valence-electron chi connectivity index (χ4n) is 3.41. The second-order valence-corrected chi connectivity index (χ2v) is 8.67. The van der Waals surface area contributed by atoms with Gasteiger partial charge in [0.05, 0.1) is 0 Å². The monoisotopic (exact) mass is 405 g/mol. The predicted molar refractivity (Wildman–Crippen MR) is 109 cm³/mol. The average molecular weight is 406 g/mol. The molecule has 1 N–H and O–H groups in total. The first-order valence-corrected chi connectivity index (χ1v) is 9.83. The van der Waals surface area contributed by atoms with Gasteiger partial charge in [-0.1, -0.05) is 32.4 Å². The van der Waals surface area contributed by atoms with Gasteiger partial charge in [-0.15, -0.1) is 0 Å². The van der Waals surface area contributed by atoms with E-state index < -0.39 is 0 Å². The topological polar surface area (TPSA) is 67.5 Å². The maximum atomic E-state index is 12.2. The number of H-pyrrole nitrogens is 1. The fraction of sp³-hybridized carbons (Fsp3) is 0.524. The van der Waals surface area contributed by atoms with E-state index in [1.165, 1.54) is 7.11 Å². The number of carbonyl (C=O) groups excluding carboxylic acids is 1. The highest BCUT2D eigenvalue weighted by Crippen LogP contribution is 2.36. The summed E-state index contributed by atoms with van der Waals surface area (Å²) in [5.74, 6) is 0.804. The van der Waals surface area contributed by atoms with E-state index in [9.17, 15) is 4.79 Å². The number of ether oxygens (including phenoxy) is 2. The number of rotatable bonds is 5. The average Bonchev–Trinajstić information content (AvgIpc) is 3.04. The lowest BCUT2D eigenvalue weighted by Gasteiger charge is -2.27. The van der Waals surface area contributed by atoms with Crippen molar-refractivity contribution in [1.82, 2.24) is 15.1 Å². The Labute approximate surface area is 171 Å². The van der Waals surface area contributed by atoms with Gasteiger partial charge in [0.25, 0.3) is 0 Å². The Morgan fingerprint density at radius 2 is 2.11 bits per heavy atom. The molecule has 3 rings (SSSR count). The normalized spacial score (nSPS) is 14.1. The standard InChI is InChI=1S/C21H28ClN3O3/c1-13-8-19(15(9-16(13)22)21(2,3)4)28-11-18-14-10-25(20(26)12-27-5)7-6-17(14)23-24-18/h8-9H,6-7,10-12H2,1-5H3,(H,23,24). The van der Waals surface area contributed by atoms with Gasteiger partial charge in [0.1, 0.15) is 24.7 Å². The van der Waals surface area contributed by atoms with Gasteiger partial charge in [0.15, 0.2) is 0 Å². The van der Waals surface area contributed by atoms with Crippen molar-refractivity contribution in [3.05, 3.63) is 45.2 Å². The van der Waals surface area contributed by atoms with Gasteiger partial charge in [0.2, 0.25) is 5.91 Å². The summed E-state index contributed by atoms with van der Waals surface area (Å²) >= 11 is 6.34. The third kappa shape index (κ3) is 4.33. The minimum Gasteiger partial charge on any atom is -0.487 e. The van der Waals surface area contributed by atoms with Crippen LogP contribution >= 0.6 is 11.6 Å². The molecule has 1 aliphatic rings. The van der Waals surface area contributed by atoms with Crippen molar-refractivity contribution < 1.29 is 14.3 Å². The van der Waals surface area contributed by atoms with E-state index in [1.54, 1.807) is 4.90 Å². The molecule has 0 spiro atoms. The Balaban J connectivity index is 1.80. The molecule has 1 amide bonds. The van der Waals surface area contributed by atoms with E-state index in [-0.39, 0.29) is 17.9 Å². The molecule has 1 aliphatic heterocycles. The SMILES string of the molecule is COCC(=O)N1CCc2[nH]nc(COc3cc(C)c(Cl)cc3C(C)(C)C)c2C1. The minimum absolute atomic E-state index is 0.00966. The quantitative estimate of drug-likeness (QED) is 0.821. The first kappa shape index (κ1) is 20.7. The number of halogens is 1. The van der Waals surface area contributed by atoms with E-state index in [0.717, 1.165) is 45.3 Å². The molecule has 7 heteroatoms. The predicted octanol–water partition coefficient (Wildman–Crippen LogP) is 3.78. The fourth-order valence-corrected chi connectivity index (χ4v) is 3.57. The van der Waals surface area contributed by atoms with Gasteiger partial charge in [0, 0.05) is 48.5 Å². The van der Waals surface area contributed by atoms with Crippen LogP contribution in [-0.2, 0) is 34.5 Å². The van der Waals surface area contributed by atoms with E-state index in [0.29, 0.717) is 19.7 Å². The van der Waals surface area contributed by atoms with Crippen LogP contribution in [0.25, 0.3) is 0 Å². The molecular weight excluding hydrogens is 378 g/mol. The summed E-state index contributed by atoms with van der Waals surface area (Å²) in [6, 6.07) is 3.97. The van der Waals surface area contributed by atoms with E-state index >= 15 is 0 Å². The molecule has 0 fully saturated rings. The number of fused-ring (bicyclic) bond motifs is 1. The number of hydrogen-bond donors (Lipinski definition) is 1.